The molecule has 18 heteroatoms. The van der Waals surface area contributed by atoms with E-state index in [0.29, 0.717) is 55.8 Å². The lowest BCUT2D eigenvalue weighted by Crippen LogP contribution is -2.59. The summed E-state index contributed by atoms with van der Waals surface area (Å²) in [6.45, 7) is 13.8. The summed E-state index contributed by atoms with van der Waals surface area (Å²) < 4.78 is 62.9. The number of allylic oxidation sites excluding steroid dienone is 6. The molecule has 2 saturated heterocycles. The van der Waals surface area contributed by atoms with Crippen molar-refractivity contribution >= 4 is 39.2 Å². The normalized spacial score (nSPS) is 37.5. The van der Waals surface area contributed by atoms with Crippen LogP contribution in [0.3, 0.4) is 0 Å². The molecule has 3 N–H and O–H groups in total. The van der Waals surface area contributed by atoms with E-state index in [1.807, 2.05) is 13.0 Å². The highest BCUT2D eigenvalue weighted by molar-refractivity contribution is 7.88. The fraction of sp³-hybridized carbons (Fsp3) is 0.755. The van der Waals surface area contributed by atoms with Gasteiger partial charge in [-0.3, -0.25) is 19.2 Å². The van der Waals surface area contributed by atoms with Crippen molar-refractivity contribution in [2.75, 3.05) is 47.3 Å². The number of methoxy groups -OCH3 is 2. The maximum atomic E-state index is 14.1. The molecule has 0 aromatic rings. The number of esters is 1. The topological polar surface area (TPSA) is 231 Å². The van der Waals surface area contributed by atoms with Crippen molar-refractivity contribution in [1.82, 2.24) is 9.62 Å². The van der Waals surface area contributed by atoms with Crippen LogP contribution in [0.25, 0.3) is 0 Å². The number of ketones is 3. The number of cyclic esters (lactones) is 1. The molecule has 14 atom stereocenters. The monoisotopic (exact) mass is 1020 g/mol. The number of amides is 1. The largest absolute Gasteiger partial charge is 0.460 e. The fourth-order valence-electron chi connectivity index (χ4n) is 9.90. The lowest BCUT2D eigenvalue weighted by atomic mass is 9.78. The third-order valence-corrected chi connectivity index (χ3v) is 15.8. The molecule has 0 spiro atoms. The van der Waals surface area contributed by atoms with Crippen LogP contribution >= 0.6 is 0 Å². The lowest BCUT2D eigenvalue weighted by molar-refractivity contribution is -0.263. The van der Waals surface area contributed by atoms with Crippen LogP contribution in [0.2, 0.25) is 0 Å². The number of aliphatic hydroxyl groups excluding tert-OH is 1. The molecule has 1 amide bonds. The summed E-state index contributed by atoms with van der Waals surface area (Å²) in [5.41, 5.74) is 0.975. The molecule has 71 heavy (non-hydrogen) atoms. The molecule has 0 aromatic carbocycles. The molecule has 4 aliphatic rings. The predicted molar refractivity (Wildman–Crippen MR) is 267 cm³/mol. The van der Waals surface area contributed by atoms with Gasteiger partial charge in [0.1, 0.15) is 30.1 Å². The molecule has 3 heterocycles. The number of ether oxygens (including phenoxy) is 6. The van der Waals surface area contributed by atoms with E-state index in [2.05, 4.69) is 4.72 Å². The highest BCUT2D eigenvalue weighted by atomic mass is 32.2. The SMILES string of the molecule is COC1C(=O)C(C)CC\C=C/C=C\C=C(\C)C(NS(C)(=O)=O)C[C@H]2CC[C@H](C)[C@](O)(O2)C(=O)C(=O)N(C)C(C)C(=O)OC([C@H](C)C[C@@H]2CC[C@@H](OCCC3COC3)[C@H](OC)C2)CC(=O)C(C)/C=C(/C)C1O. The van der Waals surface area contributed by atoms with Crippen molar-refractivity contribution in [2.45, 2.75) is 174 Å². The Morgan fingerprint density at radius 2 is 1.61 bits per heavy atom. The quantitative estimate of drug-likeness (QED) is 0.134. The Hall–Kier alpha value is -3.46. The van der Waals surface area contributed by atoms with E-state index in [-0.39, 0.29) is 54.9 Å². The van der Waals surface area contributed by atoms with Crippen LogP contribution in [-0.2, 0) is 62.4 Å². The first-order chi connectivity index (χ1) is 33.4. The number of sulfonamides is 1. The van der Waals surface area contributed by atoms with Gasteiger partial charge in [-0.25, -0.2) is 17.9 Å². The van der Waals surface area contributed by atoms with Gasteiger partial charge in [-0.1, -0.05) is 69.7 Å². The number of nitrogens with one attached hydrogen (secondary N) is 1. The molecule has 0 radical (unpaired) electrons. The number of hydrogen-bond acceptors (Lipinski definition) is 15. The molecular weight excluding hydrogens is 937 g/mol. The molecule has 1 saturated carbocycles. The third kappa shape index (κ3) is 17.3. The zero-order valence-electron chi connectivity index (χ0n) is 44.0. The van der Waals surface area contributed by atoms with Gasteiger partial charge < -0.3 is 43.5 Å². The summed E-state index contributed by atoms with van der Waals surface area (Å²) in [7, 11) is 0.534. The van der Waals surface area contributed by atoms with Gasteiger partial charge >= 0.3 is 5.97 Å². The van der Waals surface area contributed by atoms with Crippen molar-refractivity contribution in [3.8, 4) is 0 Å². The summed E-state index contributed by atoms with van der Waals surface area (Å²) in [4.78, 5) is 70.8. The maximum absolute atomic E-state index is 14.1. The van der Waals surface area contributed by atoms with E-state index in [9.17, 15) is 42.6 Å². The number of Topliss-reactive ketones (excluding diaryl/α,β-unsaturated/α-hetero) is 3. The van der Waals surface area contributed by atoms with Gasteiger partial charge in [0.25, 0.3) is 11.7 Å². The molecule has 402 valence electrons. The number of rotatable bonds is 11. The number of carbonyl (C=O) groups is 5. The number of likely N-dealkylation sites (N-methyl/N-ethyl adjacent to an activating group) is 1. The molecular formula is C53H84N2O15S. The number of aliphatic hydroxyl groups is 2. The summed E-state index contributed by atoms with van der Waals surface area (Å²) in [6.07, 6.45) is 12.2. The number of fused-ring (bicyclic) bond motifs is 2. The van der Waals surface area contributed by atoms with Crippen LogP contribution in [0, 0.1) is 35.5 Å². The van der Waals surface area contributed by atoms with Crippen LogP contribution in [0.4, 0.5) is 0 Å². The highest BCUT2D eigenvalue weighted by Crippen LogP contribution is 2.37. The predicted octanol–water partition coefficient (Wildman–Crippen LogP) is 5.36. The fourth-order valence-corrected chi connectivity index (χ4v) is 10.7. The van der Waals surface area contributed by atoms with Crippen molar-refractivity contribution in [3.05, 3.63) is 47.6 Å². The Morgan fingerprint density at radius 1 is 0.901 bits per heavy atom. The smallest absolute Gasteiger partial charge is 0.328 e. The Labute approximate surface area is 422 Å². The minimum atomic E-state index is -3.74. The van der Waals surface area contributed by atoms with Gasteiger partial charge in [0.15, 0.2) is 5.78 Å². The van der Waals surface area contributed by atoms with Gasteiger partial charge in [-0.15, -0.1) is 0 Å². The number of carbonyl (C=O) groups excluding carboxylic acids is 5. The van der Waals surface area contributed by atoms with Crippen LogP contribution < -0.4 is 4.72 Å². The zero-order chi connectivity index (χ0) is 52.8. The van der Waals surface area contributed by atoms with E-state index < -0.39 is 87.7 Å². The van der Waals surface area contributed by atoms with Gasteiger partial charge in [-0.2, -0.15) is 0 Å². The average Bonchev–Trinajstić information content (AvgIpc) is 3.30. The number of hydrogen-bond donors (Lipinski definition) is 3. The van der Waals surface area contributed by atoms with Crippen molar-refractivity contribution < 1.29 is 71.0 Å². The molecule has 3 aliphatic heterocycles. The lowest BCUT2D eigenvalue weighted by Gasteiger charge is -2.42. The minimum Gasteiger partial charge on any atom is -0.460 e. The molecule has 17 nitrogen and oxygen atoms in total. The van der Waals surface area contributed by atoms with Gasteiger partial charge in [-0.05, 0) is 102 Å². The van der Waals surface area contributed by atoms with Crippen molar-refractivity contribution in [2.24, 2.45) is 35.5 Å². The molecule has 0 aromatic heterocycles. The Bertz CT molecular complexity index is 2050. The summed E-state index contributed by atoms with van der Waals surface area (Å²) in [5.74, 6) is -8.32. The summed E-state index contributed by atoms with van der Waals surface area (Å²) in [6, 6.07) is -2.14. The first-order valence-corrected chi connectivity index (χ1v) is 27.4. The summed E-state index contributed by atoms with van der Waals surface area (Å²) >= 11 is 0. The van der Waals surface area contributed by atoms with Crippen LogP contribution in [0.5, 0.6) is 0 Å². The first kappa shape index (κ1) is 60.1. The highest BCUT2D eigenvalue weighted by Gasteiger charge is 2.52. The molecule has 1 aliphatic carbocycles. The van der Waals surface area contributed by atoms with Gasteiger partial charge in [0.05, 0.1) is 37.8 Å². The third-order valence-electron chi connectivity index (χ3n) is 15.1. The standard InChI is InChI=1S/C53H84N2O15S/c1-32-17-15-13-12-14-16-18-33(2)47(57)49(66-10)48(58)36(5)25-34(3)43(56)29-45(35(4)26-39-20-22-44(46(27-39)65-9)68-24-23-40-30-67-31-40)69-52(61)38(7)55(8)51(60)50(59)53(62)37(6)19-21-41(70-53)28-42(32)54-71(11,63)64/h12-15,17,25,33-35,37-42,44-46,48-49,54,58,62H,16,18-24,26-31H2,1-11H3/b14-12-,15-13-,32-17-,36-25-/t33?,34?,35-,37+,38?,39+,41-,42?,44-,45?,46-,48?,49?,53+/m1/s1. The van der Waals surface area contributed by atoms with Gasteiger partial charge in [0, 0.05) is 64.0 Å². The van der Waals surface area contributed by atoms with Crippen LogP contribution in [0.1, 0.15) is 119 Å². The van der Waals surface area contributed by atoms with Gasteiger partial charge in [0.2, 0.25) is 15.8 Å². The molecule has 4 rings (SSSR count). The zero-order valence-corrected chi connectivity index (χ0v) is 44.8. The number of nitrogens with zero attached hydrogens (tertiary/aromatic N) is 1. The van der Waals surface area contributed by atoms with Crippen molar-refractivity contribution in [1.29, 1.82) is 0 Å². The van der Waals surface area contributed by atoms with E-state index >= 15 is 0 Å². The van der Waals surface area contributed by atoms with Crippen LogP contribution in [-0.4, -0.2) is 155 Å². The summed E-state index contributed by atoms with van der Waals surface area (Å²) in [5, 5.41) is 23.3. The maximum Gasteiger partial charge on any atom is 0.328 e. The average molecular weight is 1020 g/mol. The molecule has 2 bridgehead atoms. The van der Waals surface area contributed by atoms with E-state index in [4.69, 9.17) is 28.4 Å². The Balaban J connectivity index is 1.64. The molecule has 3 fully saturated rings. The van der Waals surface area contributed by atoms with E-state index in [1.165, 1.54) is 21.1 Å². The Morgan fingerprint density at radius 3 is 2.24 bits per heavy atom. The Kier molecular flexibility index (Phi) is 23.5. The second kappa shape index (κ2) is 27.7. The minimum absolute atomic E-state index is 0.0289. The molecule has 7 unspecified atom stereocenters. The second-order valence-corrected chi connectivity index (χ2v) is 22.6. The van der Waals surface area contributed by atoms with E-state index in [1.54, 1.807) is 72.1 Å². The van der Waals surface area contributed by atoms with E-state index in [0.717, 1.165) is 43.6 Å². The van der Waals surface area contributed by atoms with Crippen molar-refractivity contribution in [3.63, 3.8) is 0 Å². The first-order valence-electron chi connectivity index (χ1n) is 25.5. The second-order valence-electron chi connectivity index (χ2n) is 20.8. The van der Waals surface area contributed by atoms with Crippen LogP contribution in [0.15, 0.2) is 47.6 Å².